The Morgan fingerprint density at radius 3 is 2.67 bits per heavy atom. The van der Waals surface area contributed by atoms with E-state index in [2.05, 4.69) is 10.3 Å². The highest BCUT2D eigenvalue weighted by Gasteiger charge is 2.32. The minimum atomic E-state index is -0.0718. The van der Waals surface area contributed by atoms with Gasteiger partial charge in [0, 0.05) is 23.7 Å². The Hall–Kier alpha value is -2.01. The Kier molecular flexibility index (Phi) is 2.89. The number of pyridine rings is 1. The maximum atomic E-state index is 6.27. The fourth-order valence-corrected chi connectivity index (χ4v) is 2.92. The Morgan fingerprint density at radius 1 is 1.19 bits per heavy atom. The van der Waals surface area contributed by atoms with E-state index in [1.165, 1.54) is 6.42 Å². The van der Waals surface area contributed by atoms with Gasteiger partial charge in [-0.05, 0) is 42.8 Å². The van der Waals surface area contributed by atoms with Gasteiger partial charge >= 0.3 is 0 Å². The molecule has 110 valence electrons. The van der Waals surface area contributed by atoms with Gasteiger partial charge in [-0.25, -0.2) is 4.98 Å². The number of aromatic nitrogens is 1. The fraction of sp³-hybridized carbons (Fsp3) is 0.438. The summed E-state index contributed by atoms with van der Waals surface area (Å²) < 4.78 is 11.3. The first kappa shape index (κ1) is 12.7. The number of nitrogens with two attached hydrogens (primary N) is 1. The van der Waals surface area contributed by atoms with Crippen LogP contribution in [0.15, 0.2) is 24.4 Å². The van der Waals surface area contributed by atoms with Crippen LogP contribution in [-0.2, 0) is 0 Å². The van der Waals surface area contributed by atoms with Gasteiger partial charge in [0.25, 0.3) is 0 Å². The van der Waals surface area contributed by atoms with E-state index in [1.807, 2.05) is 24.4 Å². The van der Waals surface area contributed by atoms with Gasteiger partial charge in [-0.1, -0.05) is 0 Å². The van der Waals surface area contributed by atoms with Crippen LogP contribution in [0, 0.1) is 0 Å². The van der Waals surface area contributed by atoms with E-state index in [-0.39, 0.29) is 5.54 Å². The van der Waals surface area contributed by atoms with E-state index in [1.54, 1.807) is 0 Å². The molecule has 5 nitrogen and oxygen atoms in total. The molecule has 1 saturated carbocycles. The molecule has 1 aromatic heterocycles. The van der Waals surface area contributed by atoms with Crippen LogP contribution in [0.5, 0.6) is 11.5 Å². The number of nitrogens with one attached hydrogen (secondary N) is 1. The van der Waals surface area contributed by atoms with Crippen molar-refractivity contribution in [3.05, 3.63) is 24.4 Å². The summed E-state index contributed by atoms with van der Waals surface area (Å²) in [5, 5.41) is 5.54. The zero-order chi connectivity index (χ0) is 14.3. The Morgan fingerprint density at radius 2 is 1.95 bits per heavy atom. The molecule has 1 aromatic carbocycles. The van der Waals surface area contributed by atoms with Crippen LogP contribution < -0.4 is 20.5 Å². The predicted octanol–water partition coefficient (Wildman–Crippen LogP) is 2.30. The van der Waals surface area contributed by atoms with Gasteiger partial charge in [-0.2, -0.15) is 0 Å². The second-order valence-electron chi connectivity index (χ2n) is 5.95. The van der Waals surface area contributed by atoms with Crippen LogP contribution in [0.25, 0.3) is 10.8 Å². The van der Waals surface area contributed by atoms with Gasteiger partial charge in [0.05, 0.1) is 0 Å². The molecule has 1 aliphatic carbocycles. The molecule has 5 heteroatoms. The molecular formula is C16H19N3O2. The van der Waals surface area contributed by atoms with E-state index >= 15 is 0 Å². The lowest BCUT2D eigenvalue weighted by molar-refractivity contribution is 0.172. The van der Waals surface area contributed by atoms with Crippen molar-refractivity contribution >= 4 is 16.6 Å². The highest BCUT2D eigenvalue weighted by molar-refractivity contribution is 5.94. The normalized spacial score (nSPS) is 19.1. The van der Waals surface area contributed by atoms with Crippen LogP contribution in [0.1, 0.15) is 19.3 Å². The van der Waals surface area contributed by atoms with Gasteiger partial charge in [0.15, 0.2) is 11.5 Å². The first-order valence-electron chi connectivity index (χ1n) is 7.45. The van der Waals surface area contributed by atoms with Gasteiger partial charge < -0.3 is 20.5 Å². The molecule has 21 heavy (non-hydrogen) atoms. The second kappa shape index (κ2) is 4.77. The number of ether oxygens (including phenoxy) is 2. The van der Waals surface area contributed by atoms with Crippen molar-refractivity contribution in [3.8, 4) is 11.5 Å². The molecule has 2 aliphatic rings. The summed E-state index contributed by atoms with van der Waals surface area (Å²) >= 11 is 0. The molecule has 2 heterocycles. The maximum absolute atomic E-state index is 6.27. The summed E-state index contributed by atoms with van der Waals surface area (Å²) in [6, 6.07) is 6.00. The average molecular weight is 285 g/mol. The van der Waals surface area contributed by atoms with E-state index in [4.69, 9.17) is 15.2 Å². The van der Waals surface area contributed by atoms with Gasteiger partial charge in [-0.3, -0.25) is 0 Å². The number of nitrogens with zero attached hydrogens (tertiary/aromatic N) is 1. The first-order chi connectivity index (χ1) is 10.2. The SMILES string of the molecule is NC1(CNc2nccc3cc4c(cc23)OCCO4)CCC1. The molecule has 0 atom stereocenters. The summed E-state index contributed by atoms with van der Waals surface area (Å²) in [6.07, 6.45) is 5.19. The molecule has 0 unspecified atom stereocenters. The van der Waals surface area contributed by atoms with Gasteiger partial charge in [0.1, 0.15) is 19.0 Å². The fourth-order valence-electron chi connectivity index (χ4n) is 2.92. The molecule has 2 aromatic rings. The minimum absolute atomic E-state index is 0.0718. The van der Waals surface area contributed by atoms with Crippen molar-refractivity contribution in [1.29, 1.82) is 0 Å². The van der Waals surface area contributed by atoms with E-state index in [9.17, 15) is 0 Å². The van der Waals surface area contributed by atoms with Crippen molar-refractivity contribution in [3.63, 3.8) is 0 Å². The average Bonchev–Trinajstić information content (AvgIpc) is 2.49. The molecule has 0 radical (unpaired) electrons. The van der Waals surface area contributed by atoms with Crippen molar-refractivity contribution in [1.82, 2.24) is 4.98 Å². The third-order valence-electron chi connectivity index (χ3n) is 4.38. The number of anilines is 1. The zero-order valence-electron chi connectivity index (χ0n) is 11.9. The van der Waals surface area contributed by atoms with Gasteiger partial charge in [-0.15, -0.1) is 0 Å². The monoisotopic (exact) mass is 285 g/mol. The predicted molar refractivity (Wildman–Crippen MR) is 82.0 cm³/mol. The van der Waals surface area contributed by atoms with E-state index in [0.29, 0.717) is 13.2 Å². The Bertz CT molecular complexity index is 683. The summed E-state index contributed by atoms with van der Waals surface area (Å²) in [6.45, 7) is 1.95. The first-order valence-corrected chi connectivity index (χ1v) is 7.45. The third-order valence-corrected chi connectivity index (χ3v) is 4.38. The standard InChI is InChI=1S/C16H19N3O2/c17-16(3-1-4-16)10-19-15-12-9-14-13(20-6-7-21-14)8-11(12)2-5-18-15/h2,5,8-9H,1,3-4,6-7,10,17H2,(H,18,19). The van der Waals surface area contributed by atoms with Crippen molar-refractivity contribution in [2.75, 3.05) is 25.1 Å². The number of rotatable bonds is 3. The molecular weight excluding hydrogens is 266 g/mol. The second-order valence-corrected chi connectivity index (χ2v) is 5.95. The third kappa shape index (κ3) is 2.27. The maximum Gasteiger partial charge on any atom is 0.162 e. The zero-order valence-corrected chi connectivity index (χ0v) is 11.9. The summed E-state index contributed by atoms with van der Waals surface area (Å²) in [7, 11) is 0. The minimum Gasteiger partial charge on any atom is -0.486 e. The number of hydrogen-bond acceptors (Lipinski definition) is 5. The van der Waals surface area contributed by atoms with Crippen molar-refractivity contribution in [2.45, 2.75) is 24.8 Å². The molecule has 1 aliphatic heterocycles. The highest BCUT2D eigenvalue weighted by atomic mass is 16.6. The summed E-state index contributed by atoms with van der Waals surface area (Å²) in [5.74, 6) is 2.46. The van der Waals surface area contributed by atoms with Crippen molar-refractivity contribution < 1.29 is 9.47 Å². The molecule has 0 amide bonds. The summed E-state index contributed by atoms with van der Waals surface area (Å²) in [5.41, 5.74) is 6.20. The molecule has 0 saturated heterocycles. The Balaban J connectivity index is 1.68. The molecule has 0 bridgehead atoms. The number of fused-ring (bicyclic) bond motifs is 2. The lowest BCUT2D eigenvalue weighted by atomic mass is 9.78. The molecule has 4 rings (SSSR count). The smallest absolute Gasteiger partial charge is 0.162 e. The van der Waals surface area contributed by atoms with Crippen LogP contribution >= 0.6 is 0 Å². The largest absolute Gasteiger partial charge is 0.486 e. The van der Waals surface area contributed by atoms with E-state index in [0.717, 1.165) is 47.5 Å². The van der Waals surface area contributed by atoms with Crippen molar-refractivity contribution in [2.24, 2.45) is 5.73 Å². The van der Waals surface area contributed by atoms with E-state index < -0.39 is 0 Å². The van der Waals surface area contributed by atoms with Crippen LogP contribution in [0.4, 0.5) is 5.82 Å². The lowest BCUT2D eigenvalue weighted by Crippen LogP contribution is -2.52. The molecule has 3 N–H and O–H groups in total. The lowest BCUT2D eigenvalue weighted by Gasteiger charge is -2.38. The number of hydrogen-bond donors (Lipinski definition) is 2. The molecule has 1 fully saturated rings. The van der Waals surface area contributed by atoms with Crippen LogP contribution in [0.3, 0.4) is 0 Å². The highest BCUT2D eigenvalue weighted by Crippen LogP contribution is 2.37. The van der Waals surface area contributed by atoms with Crippen LogP contribution in [0.2, 0.25) is 0 Å². The topological polar surface area (TPSA) is 69.4 Å². The number of benzene rings is 1. The molecule has 0 spiro atoms. The summed E-state index contributed by atoms with van der Waals surface area (Å²) in [4.78, 5) is 4.45. The van der Waals surface area contributed by atoms with Crippen LogP contribution in [-0.4, -0.2) is 30.3 Å². The Labute approximate surface area is 123 Å². The quantitative estimate of drug-likeness (QED) is 0.905. The van der Waals surface area contributed by atoms with Gasteiger partial charge in [0.2, 0.25) is 0 Å².